The molecule has 0 aromatic heterocycles. The highest BCUT2D eigenvalue weighted by atomic mass is 16.2. The molecule has 0 aliphatic carbocycles. The summed E-state index contributed by atoms with van der Waals surface area (Å²) in [6, 6.07) is 8.33. The van der Waals surface area contributed by atoms with Crippen molar-refractivity contribution in [2.75, 3.05) is 43.0 Å². The summed E-state index contributed by atoms with van der Waals surface area (Å²) >= 11 is 0. The maximum absolute atomic E-state index is 13.1. The van der Waals surface area contributed by atoms with E-state index in [1.165, 1.54) is 18.5 Å². The number of piperidine rings is 1. The van der Waals surface area contributed by atoms with Gasteiger partial charge in [-0.15, -0.1) is 0 Å². The Bertz CT molecular complexity index is 568. The number of carbonyl (C=O) groups excluding carboxylic acids is 1. The predicted octanol–water partition coefficient (Wildman–Crippen LogP) is 3.13. The van der Waals surface area contributed by atoms with Crippen molar-refractivity contribution in [2.24, 2.45) is 17.8 Å². The normalized spacial score (nSPS) is 23.5. The van der Waals surface area contributed by atoms with Crippen molar-refractivity contribution in [3.8, 4) is 0 Å². The fourth-order valence-corrected chi connectivity index (χ4v) is 4.25. The number of para-hydroxylation sites is 2. The van der Waals surface area contributed by atoms with E-state index in [0.717, 1.165) is 31.9 Å². The average Bonchev–Trinajstić information content (AvgIpc) is 2.72. The van der Waals surface area contributed by atoms with Gasteiger partial charge in [-0.25, -0.2) is 0 Å². The topological polar surface area (TPSA) is 35.6 Å². The van der Waals surface area contributed by atoms with Gasteiger partial charge in [-0.2, -0.15) is 0 Å². The molecule has 1 aromatic rings. The Morgan fingerprint density at radius 1 is 1.21 bits per heavy atom. The molecular formula is C20H31N3O. The summed E-state index contributed by atoms with van der Waals surface area (Å²) in [6.07, 6.45) is 3.06. The first-order valence-electron chi connectivity index (χ1n) is 9.37. The second kappa shape index (κ2) is 7.56. The summed E-state index contributed by atoms with van der Waals surface area (Å²) in [5.74, 6) is 1.90. The second-order valence-electron chi connectivity index (χ2n) is 7.75. The summed E-state index contributed by atoms with van der Waals surface area (Å²) in [5, 5.41) is 3.42. The highest BCUT2D eigenvalue weighted by Crippen LogP contribution is 2.34. The van der Waals surface area contributed by atoms with Gasteiger partial charge in [0.25, 0.3) is 0 Å². The van der Waals surface area contributed by atoms with Gasteiger partial charge in [0.15, 0.2) is 0 Å². The zero-order valence-electron chi connectivity index (χ0n) is 15.3. The van der Waals surface area contributed by atoms with E-state index in [0.29, 0.717) is 24.2 Å². The molecule has 2 aliphatic heterocycles. The van der Waals surface area contributed by atoms with Crippen LogP contribution in [0.4, 0.5) is 11.4 Å². The van der Waals surface area contributed by atoms with E-state index in [1.54, 1.807) is 0 Å². The number of carbonyl (C=O) groups is 1. The molecule has 2 atom stereocenters. The standard InChI is InChI=1S/C20H31N3O/c1-15-13-22(3)18-6-4-5-7-19(18)23(14-15)20(24)12-16(2)17-8-10-21-11-9-17/h4-7,15-17,21H,8-14H2,1-3H3. The van der Waals surface area contributed by atoms with Crippen LogP contribution in [0.2, 0.25) is 0 Å². The SMILES string of the molecule is CC1CN(C)c2ccccc2N(C(=O)CC(C)C2CCNCC2)C1. The molecule has 0 spiro atoms. The molecule has 0 radical (unpaired) electrons. The minimum atomic E-state index is 0.288. The summed E-state index contributed by atoms with van der Waals surface area (Å²) in [7, 11) is 2.13. The van der Waals surface area contributed by atoms with Gasteiger partial charge in [0, 0.05) is 26.6 Å². The third-order valence-corrected chi connectivity index (χ3v) is 5.65. The zero-order valence-corrected chi connectivity index (χ0v) is 15.3. The van der Waals surface area contributed by atoms with Crippen LogP contribution >= 0.6 is 0 Å². The van der Waals surface area contributed by atoms with Gasteiger partial charge in [0.1, 0.15) is 0 Å². The van der Waals surface area contributed by atoms with Crippen molar-refractivity contribution in [1.29, 1.82) is 0 Å². The summed E-state index contributed by atoms with van der Waals surface area (Å²) in [5.41, 5.74) is 2.25. The number of nitrogens with zero attached hydrogens (tertiary/aromatic N) is 2. The van der Waals surface area contributed by atoms with E-state index < -0.39 is 0 Å². The molecule has 4 heteroatoms. The Labute approximate surface area is 146 Å². The predicted molar refractivity (Wildman–Crippen MR) is 101 cm³/mol. The van der Waals surface area contributed by atoms with Crippen LogP contribution in [0.25, 0.3) is 0 Å². The lowest BCUT2D eigenvalue weighted by Crippen LogP contribution is -2.37. The van der Waals surface area contributed by atoms with Gasteiger partial charge in [0.05, 0.1) is 11.4 Å². The van der Waals surface area contributed by atoms with E-state index in [9.17, 15) is 4.79 Å². The summed E-state index contributed by atoms with van der Waals surface area (Å²) < 4.78 is 0. The Hall–Kier alpha value is -1.55. The monoisotopic (exact) mass is 329 g/mol. The van der Waals surface area contributed by atoms with Crippen molar-refractivity contribution < 1.29 is 4.79 Å². The van der Waals surface area contributed by atoms with Crippen LogP contribution in [0.15, 0.2) is 24.3 Å². The maximum atomic E-state index is 13.1. The number of rotatable bonds is 3. The first-order valence-corrected chi connectivity index (χ1v) is 9.37. The molecule has 4 nitrogen and oxygen atoms in total. The largest absolute Gasteiger partial charge is 0.373 e. The lowest BCUT2D eigenvalue weighted by Gasteiger charge is -2.30. The number of benzene rings is 1. The number of nitrogens with one attached hydrogen (secondary N) is 1. The van der Waals surface area contributed by atoms with E-state index in [-0.39, 0.29) is 5.91 Å². The molecule has 1 saturated heterocycles. The van der Waals surface area contributed by atoms with Crippen LogP contribution in [-0.4, -0.2) is 39.1 Å². The minimum Gasteiger partial charge on any atom is -0.373 e. The van der Waals surface area contributed by atoms with E-state index >= 15 is 0 Å². The molecule has 24 heavy (non-hydrogen) atoms. The highest BCUT2D eigenvalue weighted by molar-refractivity contribution is 5.97. The van der Waals surface area contributed by atoms with E-state index in [1.807, 2.05) is 11.0 Å². The lowest BCUT2D eigenvalue weighted by molar-refractivity contribution is -0.120. The third-order valence-electron chi connectivity index (χ3n) is 5.65. The molecule has 0 bridgehead atoms. The Morgan fingerprint density at radius 2 is 1.88 bits per heavy atom. The lowest BCUT2D eigenvalue weighted by atomic mass is 9.84. The Kier molecular flexibility index (Phi) is 5.44. The minimum absolute atomic E-state index is 0.288. The summed E-state index contributed by atoms with van der Waals surface area (Å²) in [4.78, 5) is 17.4. The van der Waals surface area contributed by atoms with Crippen molar-refractivity contribution in [2.45, 2.75) is 33.1 Å². The molecule has 1 fully saturated rings. The van der Waals surface area contributed by atoms with Crippen LogP contribution in [0.3, 0.4) is 0 Å². The number of fused-ring (bicyclic) bond motifs is 1. The highest BCUT2D eigenvalue weighted by Gasteiger charge is 2.29. The molecule has 1 amide bonds. The number of amides is 1. The summed E-state index contributed by atoms with van der Waals surface area (Å²) in [6.45, 7) is 8.49. The smallest absolute Gasteiger partial charge is 0.227 e. The Balaban J connectivity index is 1.76. The second-order valence-corrected chi connectivity index (χ2v) is 7.75. The average molecular weight is 329 g/mol. The fourth-order valence-electron chi connectivity index (χ4n) is 4.25. The van der Waals surface area contributed by atoms with Gasteiger partial charge >= 0.3 is 0 Å². The molecule has 2 unspecified atom stereocenters. The molecule has 2 heterocycles. The number of hydrogen-bond donors (Lipinski definition) is 1. The van der Waals surface area contributed by atoms with Gasteiger partial charge in [-0.1, -0.05) is 26.0 Å². The molecule has 1 aromatic carbocycles. The van der Waals surface area contributed by atoms with Gasteiger partial charge in [-0.05, 0) is 55.8 Å². The number of hydrogen-bond acceptors (Lipinski definition) is 3. The fraction of sp³-hybridized carbons (Fsp3) is 0.650. The molecule has 0 saturated carbocycles. The maximum Gasteiger partial charge on any atom is 0.227 e. The van der Waals surface area contributed by atoms with Crippen LogP contribution in [-0.2, 0) is 4.79 Å². The molecule has 1 N–H and O–H groups in total. The van der Waals surface area contributed by atoms with Gasteiger partial charge in [-0.3, -0.25) is 4.79 Å². The first-order chi connectivity index (χ1) is 11.6. The van der Waals surface area contributed by atoms with E-state index in [2.05, 4.69) is 49.3 Å². The van der Waals surface area contributed by atoms with Crippen molar-refractivity contribution in [3.05, 3.63) is 24.3 Å². The molecule has 3 rings (SSSR count). The molecule has 132 valence electrons. The molecule has 2 aliphatic rings. The first kappa shape index (κ1) is 17.3. The Morgan fingerprint density at radius 3 is 2.58 bits per heavy atom. The van der Waals surface area contributed by atoms with Crippen LogP contribution in [0, 0.1) is 17.8 Å². The quantitative estimate of drug-likeness (QED) is 0.925. The zero-order chi connectivity index (χ0) is 17.1. The third kappa shape index (κ3) is 3.75. The van der Waals surface area contributed by atoms with Crippen LogP contribution in [0.1, 0.15) is 33.1 Å². The van der Waals surface area contributed by atoms with Crippen molar-refractivity contribution in [1.82, 2.24) is 5.32 Å². The van der Waals surface area contributed by atoms with Crippen LogP contribution in [0.5, 0.6) is 0 Å². The number of anilines is 2. The van der Waals surface area contributed by atoms with E-state index in [4.69, 9.17) is 0 Å². The molecular weight excluding hydrogens is 298 g/mol. The van der Waals surface area contributed by atoms with Gasteiger partial charge < -0.3 is 15.1 Å². The van der Waals surface area contributed by atoms with Gasteiger partial charge in [0.2, 0.25) is 5.91 Å². The van der Waals surface area contributed by atoms with Crippen molar-refractivity contribution in [3.63, 3.8) is 0 Å². The van der Waals surface area contributed by atoms with Crippen LogP contribution < -0.4 is 15.1 Å². The van der Waals surface area contributed by atoms with Crippen molar-refractivity contribution >= 4 is 17.3 Å².